The zero-order valence-electron chi connectivity index (χ0n) is 24.4. The fourth-order valence-electron chi connectivity index (χ4n) is 4.21. The topological polar surface area (TPSA) is 158 Å². The normalized spacial score (nSPS) is 11.4. The second-order valence-electron chi connectivity index (χ2n) is 9.17. The number of aromatic nitrogens is 1. The van der Waals surface area contributed by atoms with E-state index in [0.29, 0.717) is 33.0 Å². The number of rotatable bonds is 13. The maximum atomic E-state index is 13.9. The minimum Gasteiger partial charge on any atom is -0.493 e. The summed E-state index contributed by atoms with van der Waals surface area (Å²) in [5, 5.41) is 23.5. The van der Waals surface area contributed by atoms with Gasteiger partial charge in [-0.1, -0.05) is 11.3 Å². The minimum atomic E-state index is -4.05. The summed E-state index contributed by atoms with van der Waals surface area (Å²) >= 11 is 1.04. The number of thiazole rings is 1. The van der Waals surface area contributed by atoms with Crippen LogP contribution in [0.4, 0.5) is 9.52 Å². The number of benzene rings is 3. The molecule has 45 heavy (non-hydrogen) atoms. The largest absolute Gasteiger partial charge is 0.493 e. The van der Waals surface area contributed by atoms with Crippen molar-refractivity contribution >= 4 is 48.8 Å². The van der Waals surface area contributed by atoms with Gasteiger partial charge < -0.3 is 14.2 Å². The standard InChI is InChI=1S/C30H27FN6O6S2/c1-41-25-16-20(17-26(42-2)28(25)43-3)19-34-37(30-35-24-11-8-22(31)18-27(24)44-30)29(38)21-6-9-23(10-7-21)45(39,40)36(14-4-12-32)15-5-13-33/h6-11,16-19H,4-5,14-15H2,1-3H3/b34-19+. The molecule has 1 aromatic heterocycles. The molecule has 12 nitrogen and oxygen atoms in total. The van der Waals surface area contributed by atoms with Crippen LogP contribution in [0.5, 0.6) is 17.2 Å². The van der Waals surface area contributed by atoms with Crippen molar-refractivity contribution in [1.29, 1.82) is 10.5 Å². The van der Waals surface area contributed by atoms with Crippen LogP contribution in [0.25, 0.3) is 10.2 Å². The van der Waals surface area contributed by atoms with Gasteiger partial charge in [-0.25, -0.2) is 17.8 Å². The number of hydrogen-bond acceptors (Lipinski definition) is 11. The third kappa shape index (κ3) is 7.35. The van der Waals surface area contributed by atoms with Gasteiger partial charge in [-0.3, -0.25) is 4.79 Å². The van der Waals surface area contributed by atoms with Crippen LogP contribution in [-0.4, -0.2) is 64.2 Å². The third-order valence-corrected chi connectivity index (χ3v) is 9.31. The van der Waals surface area contributed by atoms with Crippen LogP contribution in [0.3, 0.4) is 0 Å². The van der Waals surface area contributed by atoms with Crippen LogP contribution in [0, 0.1) is 28.5 Å². The fraction of sp³-hybridized carbons (Fsp3) is 0.233. The molecule has 0 atom stereocenters. The van der Waals surface area contributed by atoms with Gasteiger partial charge in [0, 0.05) is 37.1 Å². The van der Waals surface area contributed by atoms with E-state index in [4.69, 9.17) is 24.7 Å². The number of carbonyl (C=O) groups excluding carboxylic acids is 1. The number of methoxy groups -OCH3 is 3. The SMILES string of the molecule is COc1cc(/C=N/N(C(=O)c2ccc(S(=O)(=O)N(CCC#N)CCC#N)cc2)c2nc3ccc(F)cc3s2)cc(OC)c1OC. The summed E-state index contributed by atoms with van der Waals surface area (Å²) in [7, 11) is 0.345. The van der Waals surface area contributed by atoms with E-state index in [1.54, 1.807) is 12.1 Å². The van der Waals surface area contributed by atoms with Gasteiger partial charge in [0.1, 0.15) is 5.82 Å². The number of ether oxygens (including phenoxy) is 3. The van der Waals surface area contributed by atoms with Crippen molar-refractivity contribution in [2.75, 3.05) is 39.4 Å². The van der Waals surface area contributed by atoms with Crippen molar-refractivity contribution in [1.82, 2.24) is 9.29 Å². The summed E-state index contributed by atoms with van der Waals surface area (Å²) in [6.45, 7) is -0.161. The van der Waals surface area contributed by atoms with E-state index in [2.05, 4.69) is 10.1 Å². The number of amides is 1. The van der Waals surface area contributed by atoms with Crippen LogP contribution in [-0.2, 0) is 10.0 Å². The molecule has 0 unspecified atom stereocenters. The van der Waals surface area contributed by atoms with Crippen molar-refractivity contribution in [2.45, 2.75) is 17.7 Å². The first-order chi connectivity index (χ1) is 21.7. The lowest BCUT2D eigenvalue weighted by Gasteiger charge is -2.20. The lowest BCUT2D eigenvalue weighted by molar-refractivity contribution is 0.0987. The van der Waals surface area contributed by atoms with Gasteiger partial charge in [0.05, 0.1) is 54.8 Å². The average molecular weight is 651 g/mol. The van der Waals surface area contributed by atoms with Crippen molar-refractivity contribution in [2.24, 2.45) is 5.10 Å². The number of hydrogen-bond donors (Lipinski definition) is 0. The lowest BCUT2D eigenvalue weighted by Crippen LogP contribution is -2.33. The van der Waals surface area contributed by atoms with Crippen molar-refractivity contribution in [3.05, 3.63) is 71.5 Å². The number of nitrogens with zero attached hydrogens (tertiary/aromatic N) is 6. The van der Waals surface area contributed by atoms with E-state index in [0.717, 1.165) is 20.7 Å². The Bertz CT molecular complexity index is 1870. The van der Waals surface area contributed by atoms with Crippen molar-refractivity contribution < 1.29 is 31.8 Å². The quantitative estimate of drug-likeness (QED) is 0.144. The van der Waals surface area contributed by atoms with Gasteiger partial charge in [0.2, 0.25) is 20.9 Å². The molecule has 15 heteroatoms. The molecular weight excluding hydrogens is 623 g/mol. The highest BCUT2D eigenvalue weighted by Gasteiger charge is 2.26. The number of halogens is 1. The molecule has 0 fully saturated rings. The number of sulfonamides is 1. The van der Waals surface area contributed by atoms with Gasteiger partial charge in [0.25, 0.3) is 5.91 Å². The number of anilines is 1. The number of fused-ring (bicyclic) bond motifs is 1. The van der Waals surface area contributed by atoms with Crippen LogP contribution in [0.2, 0.25) is 0 Å². The molecule has 0 N–H and O–H groups in total. The Hall–Kier alpha value is -5.09. The van der Waals surface area contributed by atoms with E-state index >= 15 is 0 Å². The summed E-state index contributed by atoms with van der Waals surface area (Å²) in [6.07, 6.45) is 1.29. The van der Waals surface area contributed by atoms with Crippen LogP contribution < -0.4 is 19.2 Å². The molecule has 0 saturated heterocycles. The predicted octanol–water partition coefficient (Wildman–Crippen LogP) is 4.96. The first-order valence-corrected chi connectivity index (χ1v) is 15.5. The van der Waals surface area contributed by atoms with E-state index in [1.807, 2.05) is 12.1 Å². The summed E-state index contributed by atoms with van der Waals surface area (Å²) in [5.41, 5.74) is 1.03. The summed E-state index contributed by atoms with van der Waals surface area (Å²) in [4.78, 5) is 18.2. The number of hydrazone groups is 1. The maximum Gasteiger partial charge on any atom is 0.280 e. The molecule has 0 saturated carbocycles. The predicted molar refractivity (Wildman–Crippen MR) is 166 cm³/mol. The summed E-state index contributed by atoms with van der Waals surface area (Å²) in [5.74, 6) is -0.0176. The first kappa shape index (κ1) is 32.8. The van der Waals surface area contributed by atoms with E-state index in [-0.39, 0.29) is 41.5 Å². The van der Waals surface area contributed by atoms with Gasteiger partial charge in [-0.15, -0.1) is 0 Å². The van der Waals surface area contributed by atoms with Crippen LogP contribution in [0.1, 0.15) is 28.8 Å². The maximum absolute atomic E-state index is 13.9. The average Bonchev–Trinajstić information content (AvgIpc) is 3.46. The molecule has 0 aliphatic carbocycles. The number of carbonyl (C=O) groups is 1. The van der Waals surface area contributed by atoms with Gasteiger partial charge in [0.15, 0.2) is 11.5 Å². The molecule has 4 aromatic rings. The Morgan fingerprint density at radius 3 is 2.16 bits per heavy atom. The Labute approximate surface area is 263 Å². The van der Waals surface area contributed by atoms with E-state index in [9.17, 15) is 17.6 Å². The molecule has 232 valence electrons. The van der Waals surface area contributed by atoms with E-state index < -0.39 is 21.7 Å². The highest BCUT2D eigenvalue weighted by Crippen LogP contribution is 2.38. The Morgan fingerprint density at radius 1 is 0.978 bits per heavy atom. The molecular formula is C30H27FN6O6S2. The smallest absolute Gasteiger partial charge is 0.280 e. The molecule has 0 spiro atoms. The Kier molecular flexibility index (Phi) is 10.6. The van der Waals surface area contributed by atoms with Crippen LogP contribution >= 0.6 is 11.3 Å². The second-order valence-corrected chi connectivity index (χ2v) is 12.1. The zero-order chi connectivity index (χ0) is 32.6. The third-order valence-electron chi connectivity index (χ3n) is 6.41. The molecule has 0 radical (unpaired) electrons. The molecule has 1 amide bonds. The molecule has 3 aromatic carbocycles. The Morgan fingerprint density at radius 2 is 1.60 bits per heavy atom. The Balaban J connectivity index is 1.73. The van der Waals surface area contributed by atoms with E-state index in [1.165, 1.54) is 70.0 Å². The molecule has 0 bridgehead atoms. The van der Waals surface area contributed by atoms with Gasteiger partial charge in [-0.2, -0.15) is 24.9 Å². The zero-order valence-corrected chi connectivity index (χ0v) is 26.1. The van der Waals surface area contributed by atoms with Gasteiger partial charge in [-0.05, 0) is 54.6 Å². The summed E-state index contributed by atoms with van der Waals surface area (Å²) < 4.78 is 58.1. The highest BCUT2D eigenvalue weighted by atomic mass is 32.2. The fourth-order valence-corrected chi connectivity index (χ4v) is 6.60. The molecule has 1 heterocycles. The van der Waals surface area contributed by atoms with Crippen LogP contribution in [0.15, 0.2) is 64.6 Å². The minimum absolute atomic E-state index is 0.0494. The molecule has 0 aliphatic heterocycles. The monoisotopic (exact) mass is 650 g/mol. The van der Waals surface area contributed by atoms with Crippen molar-refractivity contribution in [3.63, 3.8) is 0 Å². The highest BCUT2D eigenvalue weighted by molar-refractivity contribution is 7.89. The lowest BCUT2D eigenvalue weighted by atomic mass is 10.2. The molecule has 4 rings (SSSR count). The van der Waals surface area contributed by atoms with Gasteiger partial charge >= 0.3 is 0 Å². The number of nitriles is 2. The second kappa shape index (κ2) is 14.6. The first-order valence-electron chi connectivity index (χ1n) is 13.3. The summed E-state index contributed by atoms with van der Waals surface area (Å²) in [6, 6.07) is 16.3. The van der Waals surface area contributed by atoms with Crippen molar-refractivity contribution in [3.8, 4) is 29.4 Å². The molecule has 0 aliphatic rings.